The number of hydrogen-bond acceptors (Lipinski definition) is 5. The smallest absolute Gasteiger partial charge is 0.254 e. The normalized spacial score (nSPS) is 17.2. The van der Waals surface area contributed by atoms with Crippen molar-refractivity contribution < 1.29 is 23.9 Å². The van der Waals surface area contributed by atoms with Gasteiger partial charge in [0.05, 0.1) is 13.2 Å². The molecule has 0 saturated carbocycles. The molecular formula is C27H31Br2ClN2O5. The third kappa shape index (κ3) is 7.86. The minimum absolute atomic E-state index is 0. The van der Waals surface area contributed by atoms with Gasteiger partial charge in [0.1, 0.15) is 6.29 Å². The summed E-state index contributed by atoms with van der Waals surface area (Å²) >= 11 is 6.85. The number of carbonyl (C=O) groups excluding carboxylic acids is 3. The van der Waals surface area contributed by atoms with Crippen molar-refractivity contribution in [2.75, 3.05) is 39.4 Å². The van der Waals surface area contributed by atoms with Gasteiger partial charge in [-0.15, -0.1) is 12.4 Å². The number of nitrogens with zero attached hydrogens (tertiary/aromatic N) is 2. The van der Waals surface area contributed by atoms with Crippen LogP contribution in [0.1, 0.15) is 51.1 Å². The van der Waals surface area contributed by atoms with E-state index in [4.69, 9.17) is 9.47 Å². The number of benzene rings is 2. The highest BCUT2D eigenvalue weighted by molar-refractivity contribution is 9.10. The van der Waals surface area contributed by atoms with E-state index in [1.807, 2.05) is 41.3 Å². The number of halogens is 3. The van der Waals surface area contributed by atoms with E-state index in [-0.39, 0.29) is 30.5 Å². The third-order valence-corrected chi connectivity index (χ3v) is 7.51. The monoisotopic (exact) mass is 656 g/mol. The molecule has 1 fully saturated rings. The quantitative estimate of drug-likeness (QED) is 0.406. The number of hydrogen-bond donors (Lipinski definition) is 0. The summed E-state index contributed by atoms with van der Waals surface area (Å²) in [4.78, 5) is 38.4. The average Bonchev–Trinajstić information content (AvgIpc) is 2.89. The zero-order chi connectivity index (χ0) is 25.5. The molecule has 200 valence electrons. The Kier molecular flexibility index (Phi) is 11.6. The van der Waals surface area contributed by atoms with Crippen LogP contribution in [0.4, 0.5) is 0 Å². The molecule has 0 atom stereocenters. The van der Waals surface area contributed by atoms with E-state index in [9.17, 15) is 14.4 Å². The summed E-state index contributed by atoms with van der Waals surface area (Å²) in [6.07, 6.45) is 4.59. The number of ether oxygens (including phenoxy) is 2. The minimum atomic E-state index is -0.150. The second kappa shape index (κ2) is 14.4. The number of carbonyl (C=O) groups is 3. The molecule has 2 aromatic rings. The molecule has 37 heavy (non-hydrogen) atoms. The SMILES string of the molecule is Cl.O=C1c2ccc(Br)cc2CCN1CCC1OCCCO1.O=CCCN1CCc2cc(Br)ccc2C1=O. The predicted molar refractivity (Wildman–Crippen MR) is 150 cm³/mol. The fourth-order valence-corrected chi connectivity index (χ4v) is 5.43. The number of fused-ring (bicyclic) bond motifs is 2. The van der Waals surface area contributed by atoms with Gasteiger partial charge in [0.2, 0.25) is 0 Å². The fraction of sp³-hybridized carbons (Fsp3) is 0.444. The van der Waals surface area contributed by atoms with Gasteiger partial charge in [0.25, 0.3) is 11.8 Å². The molecule has 1 saturated heterocycles. The molecule has 0 unspecified atom stereocenters. The summed E-state index contributed by atoms with van der Waals surface area (Å²) in [5.41, 5.74) is 3.80. The number of rotatable bonds is 6. The first-order valence-corrected chi connectivity index (χ1v) is 13.9. The van der Waals surface area contributed by atoms with E-state index in [1.165, 1.54) is 0 Å². The Morgan fingerprint density at radius 3 is 1.86 bits per heavy atom. The van der Waals surface area contributed by atoms with Gasteiger partial charge in [0, 0.05) is 59.1 Å². The lowest BCUT2D eigenvalue weighted by Gasteiger charge is -2.31. The van der Waals surface area contributed by atoms with Crippen molar-refractivity contribution in [1.82, 2.24) is 9.80 Å². The van der Waals surface area contributed by atoms with Crippen LogP contribution in [0.3, 0.4) is 0 Å². The summed E-state index contributed by atoms with van der Waals surface area (Å²) in [5.74, 6) is 0.158. The van der Waals surface area contributed by atoms with Crippen molar-refractivity contribution in [3.8, 4) is 0 Å². The van der Waals surface area contributed by atoms with Crippen LogP contribution in [-0.4, -0.2) is 73.6 Å². The van der Waals surface area contributed by atoms with Crippen LogP contribution in [0, 0.1) is 0 Å². The molecule has 3 aliphatic rings. The molecule has 3 aliphatic heterocycles. The maximum atomic E-state index is 12.4. The van der Waals surface area contributed by atoms with Crippen molar-refractivity contribution in [3.63, 3.8) is 0 Å². The summed E-state index contributed by atoms with van der Waals surface area (Å²) in [7, 11) is 0. The van der Waals surface area contributed by atoms with Gasteiger partial charge < -0.3 is 24.1 Å². The molecule has 0 spiro atoms. The molecule has 0 N–H and O–H groups in total. The van der Waals surface area contributed by atoms with E-state index < -0.39 is 0 Å². The van der Waals surface area contributed by atoms with Crippen molar-refractivity contribution in [3.05, 3.63) is 67.6 Å². The summed E-state index contributed by atoms with van der Waals surface area (Å²) in [6.45, 7) is 4.22. The van der Waals surface area contributed by atoms with Crippen molar-refractivity contribution >= 4 is 62.4 Å². The van der Waals surface area contributed by atoms with Gasteiger partial charge in [-0.1, -0.05) is 31.9 Å². The molecule has 0 radical (unpaired) electrons. The Hall–Kier alpha value is -1.78. The second-order valence-corrected chi connectivity index (χ2v) is 10.8. The van der Waals surface area contributed by atoms with Gasteiger partial charge in [0.15, 0.2) is 6.29 Å². The Morgan fingerprint density at radius 1 is 0.838 bits per heavy atom. The first kappa shape index (κ1) is 29.8. The first-order valence-electron chi connectivity index (χ1n) is 12.3. The lowest BCUT2D eigenvalue weighted by molar-refractivity contribution is -0.182. The van der Waals surface area contributed by atoms with E-state index >= 15 is 0 Å². The Morgan fingerprint density at radius 2 is 1.35 bits per heavy atom. The van der Waals surface area contributed by atoms with Gasteiger partial charge >= 0.3 is 0 Å². The Labute approximate surface area is 240 Å². The van der Waals surface area contributed by atoms with Crippen LogP contribution in [0.25, 0.3) is 0 Å². The molecule has 7 nitrogen and oxygen atoms in total. The van der Waals surface area contributed by atoms with E-state index in [1.54, 1.807) is 4.90 Å². The molecule has 0 aliphatic carbocycles. The summed E-state index contributed by atoms with van der Waals surface area (Å²) in [6, 6.07) is 11.6. The topological polar surface area (TPSA) is 76.2 Å². The molecule has 0 aromatic heterocycles. The molecule has 2 aromatic carbocycles. The van der Waals surface area contributed by atoms with Crippen LogP contribution in [0.5, 0.6) is 0 Å². The van der Waals surface area contributed by atoms with E-state index in [2.05, 4.69) is 31.9 Å². The van der Waals surface area contributed by atoms with E-state index in [0.717, 1.165) is 82.9 Å². The molecule has 3 heterocycles. The van der Waals surface area contributed by atoms with Crippen molar-refractivity contribution in [2.45, 2.75) is 38.4 Å². The highest BCUT2D eigenvalue weighted by Gasteiger charge is 2.26. The lowest BCUT2D eigenvalue weighted by atomic mass is 9.99. The van der Waals surface area contributed by atoms with Crippen LogP contribution in [-0.2, 0) is 27.1 Å². The number of amides is 2. The third-order valence-electron chi connectivity index (χ3n) is 6.52. The number of aldehydes is 1. The zero-order valence-electron chi connectivity index (χ0n) is 20.5. The van der Waals surface area contributed by atoms with Crippen LogP contribution in [0.2, 0.25) is 0 Å². The minimum Gasteiger partial charge on any atom is -0.353 e. The van der Waals surface area contributed by atoms with Gasteiger partial charge in [-0.2, -0.15) is 0 Å². The fourth-order valence-electron chi connectivity index (χ4n) is 4.61. The highest BCUT2D eigenvalue weighted by Crippen LogP contribution is 2.24. The standard InChI is InChI=1S/C15H18BrNO3.C12H12BrNO2.ClH/c16-12-2-3-13-11(10-12)4-6-17(15(13)18)7-5-14-19-8-1-9-20-14;13-10-2-3-11-9(8-10)4-6-14(12(11)16)5-1-7-15;/h2-3,10,14H,1,4-9H2;2-3,7-8H,1,4-6H2;1H. The summed E-state index contributed by atoms with van der Waals surface area (Å²) in [5, 5.41) is 0. The molecular weight excluding hydrogens is 628 g/mol. The van der Waals surface area contributed by atoms with Gasteiger partial charge in [-0.3, -0.25) is 9.59 Å². The lowest BCUT2D eigenvalue weighted by Crippen LogP contribution is -2.40. The maximum absolute atomic E-state index is 12.4. The highest BCUT2D eigenvalue weighted by atomic mass is 79.9. The average molecular weight is 659 g/mol. The van der Waals surface area contributed by atoms with Crippen molar-refractivity contribution in [1.29, 1.82) is 0 Å². The maximum Gasteiger partial charge on any atom is 0.254 e. The molecule has 0 bridgehead atoms. The van der Waals surface area contributed by atoms with E-state index in [0.29, 0.717) is 26.1 Å². The second-order valence-electron chi connectivity index (χ2n) is 8.96. The van der Waals surface area contributed by atoms with Gasteiger partial charge in [-0.25, -0.2) is 0 Å². The van der Waals surface area contributed by atoms with Crippen LogP contribution >= 0.6 is 44.3 Å². The first-order chi connectivity index (χ1) is 17.5. The Bertz CT molecular complexity index is 1110. The zero-order valence-corrected chi connectivity index (χ0v) is 24.5. The predicted octanol–water partition coefficient (Wildman–Crippen LogP) is 5.06. The largest absolute Gasteiger partial charge is 0.353 e. The van der Waals surface area contributed by atoms with Gasteiger partial charge in [-0.05, 0) is 66.8 Å². The summed E-state index contributed by atoms with van der Waals surface area (Å²) < 4.78 is 13.1. The molecule has 5 rings (SSSR count). The van der Waals surface area contributed by atoms with Crippen LogP contribution in [0.15, 0.2) is 45.3 Å². The van der Waals surface area contributed by atoms with Crippen molar-refractivity contribution in [2.24, 2.45) is 0 Å². The molecule has 10 heteroatoms. The molecule has 2 amide bonds. The van der Waals surface area contributed by atoms with Crippen LogP contribution < -0.4 is 0 Å². The Balaban J connectivity index is 0.000000205.